The minimum atomic E-state index is -0.182. The van der Waals surface area contributed by atoms with Gasteiger partial charge in [0.25, 0.3) is 11.8 Å². The first-order valence-corrected chi connectivity index (χ1v) is 14.4. The molecule has 0 aliphatic carbocycles. The Hall–Kier alpha value is -3.76. The molecule has 0 fully saturated rings. The van der Waals surface area contributed by atoms with Crippen LogP contribution in [0.25, 0.3) is 12.2 Å². The maximum absolute atomic E-state index is 13.1. The van der Waals surface area contributed by atoms with Crippen molar-refractivity contribution in [2.75, 3.05) is 18.8 Å². The van der Waals surface area contributed by atoms with Gasteiger partial charge in [0.05, 0.1) is 11.4 Å². The van der Waals surface area contributed by atoms with Gasteiger partial charge < -0.3 is 0 Å². The van der Waals surface area contributed by atoms with E-state index in [4.69, 9.17) is 4.99 Å². The Balaban J connectivity index is 1.50. The second-order valence-electron chi connectivity index (χ2n) is 8.31. The van der Waals surface area contributed by atoms with Crippen LogP contribution in [0.3, 0.4) is 0 Å². The number of nitrogens with zero attached hydrogens (tertiary/aromatic N) is 6. The molecule has 8 nitrogen and oxygen atoms in total. The van der Waals surface area contributed by atoms with Crippen molar-refractivity contribution in [3.05, 3.63) is 96.9 Å². The lowest BCUT2D eigenvalue weighted by atomic mass is 10.1. The molecule has 0 spiro atoms. The molecule has 2 aliphatic rings. The Morgan fingerprint density at radius 2 is 1.45 bits per heavy atom. The van der Waals surface area contributed by atoms with Gasteiger partial charge in [0, 0.05) is 37.2 Å². The third kappa shape index (κ3) is 6.38. The van der Waals surface area contributed by atoms with Crippen LogP contribution in [0.2, 0.25) is 0 Å². The Morgan fingerprint density at radius 3 is 2.00 bits per heavy atom. The topological polar surface area (TPSA) is 91.1 Å². The number of carbonyl (C=O) groups is 2. The summed E-state index contributed by atoms with van der Waals surface area (Å²) in [5.41, 5.74) is 2.05. The van der Waals surface area contributed by atoms with Crippen LogP contribution >= 0.6 is 21.6 Å². The zero-order valence-corrected chi connectivity index (χ0v) is 22.7. The van der Waals surface area contributed by atoms with E-state index in [9.17, 15) is 9.59 Å². The zero-order chi connectivity index (χ0) is 26.9. The van der Waals surface area contributed by atoms with Gasteiger partial charge in [0.2, 0.25) is 0 Å². The molecule has 0 saturated heterocycles. The van der Waals surface area contributed by atoms with E-state index in [0.717, 1.165) is 12.3 Å². The quantitative estimate of drug-likeness (QED) is 0.223. The van der Waals surface area contributed by atoms with Gasteiger partial charge in [-0.15, -0.1) is 13.2 Å². The van der Waals surface area contributed by atoms with Crippen LogP contribution in [-0.2, 0) is 9.59 Å². The molecule has 10 heteroatoms. The molecular formula is C28H28N6O2S2. The SMILES string of the molecule is C=CCN1C(=O)/C(=C/c2ccccn2)N=C1SSCC(CC)C1=N/C(=C\c2ccccn2)C(=O)N1CC=C. The van der Waals surface area contributed by atoms with Gasteiger partial charge in [-0.25, -0.2) is 9.98 Å². The largest absolute Gasteiger partial charge is 0.291 e. The number of amidine groups is 2. The van der Waals surface area contributed by atoms with Crippen molar-refractivity contribution in [1.82, 2.24) is 19.8 Å². The summed E-state index contributed by atoms with van der Waals surface area (Å²) < 4.78 is 0. The van der Waals surface area contributed by atoms with Crippen LogP contribution in [0.15, 0.2) is 95.5 Å². The lowest BCUT2D eigenvalue weighted by Gasteiger charge is -2.23. The van der Waals surface area contributed by atoms with Gasteiger partial charge in [-0.2, -0.15) is 0 Å². The number of carbonyl (C=O) groups excluding carboxylic acids is 2. The maximum atomic E-state index is 13.1. The highest BCUT2D eigenvalue weighted by Crippen LogP contribution is 2.34. The third-order valence-electron chi connectivity index (χ3n) is 5.72. The van der Waals surface area contributed by atoms with Gasteiger partial charge >= 0.3 is 0 Å². The van der Waals surface area contributed by atoms with Gasteiger partial charge in [0.1, 0.15) is 17.2 Å². The molecule has 38 heavy (non-hydrogen) atoms. The highest BCUT2D eigenvalue weighted by molar-refractivity contribution is 8.82. The molecule has 4 rings (SSSR count). The smallest absolute Gasteiger partial charge is 0.278 e. The normalized spacial score (nSPS) is 18.2. The number of hydrogen-bond donors (Lipinski definition) is 0. The van der Waals surface area contributed by atoms with E-state index < -0.39 is 0 Å². The fourth-order valence-electron chi connectivity index (χ4n) is 3.82. The molecule has 0 aromatic carbocycles. The summed E-state index contributed by atoms with van der Waals surface area (Å²) in [5.74, 6) is 1.06. The molecule has 0 N–H and O–H groups in total. The number of aliphatic imine (C=N–C) groups is 2. The Labute approximate surface area is 230 Å². The molecule has 2 aromatic heterocycles. The predicted molar refractivity (Wildman–Crippen MR) is 157 cm³/mol. The van der Waals surface area contributed by atoms with E-state index >= 15 is 0 Å². The van der Waals surface area contributed by atoms with Crippen molar-refractivity contribution in [2.24, 2.45) is 15.9 Å². The first-order valence-electron chi connectivity index (χ1n) is 12.1. The van der Waals surface area contributed by atoms with Crippen molar-refractivity contribution in [2.45, 2.75) is 13.3 Å². The summed E-state index contributed by atoms with van der Waals surface area (Å²) in [7, 11) is 3.01. The maximum Gasteiger partial charge on any atom is 0.278 e. The van der Waals surface area contributed by atoms with Gasteiger partial charge in [-0.1, -0.05) is 42.0 Å². The van der Waals surface area contributed by atoms with Crippen LogP contribution in [0, 0.1) is 5.92 Å². The van der Waals surface area contributed by atoms with Gasteiger partial charge in [-0.3, -0.25) is 29.4 Å². The van der Waals surface area contributed by atoms with E-state index in [1.807, 2.05) is 36.4 Å². The standard InChI is InChI=1S/C28H28N6O2S2/c1-4-15-33-25(31-23(26(33)35)17-21-11-7-9-13-29-21)20(6-3)19-37-38-28-32-24(27(36)34(28)16-5-2)18-22-12-8-10-14-30-22/h4-5,7-14,17-18,20H,1-2,6,15-16,19H2,3H3/b23-17-,24-18-. The predicted octanol–water partition coefficient (Wildman–Crippen LogP) is 5.08. The van der Waals surface area contributed by atoms with Crippen LogP contribution in [0.1, 0.15) is 24.7 Å². The van der Waals surface area contributed by atoms with Crippen LogP contribution in [-0.4, -0.2) is 61.4 Å². The average molecular weight is 545 g/mol. The third-order valence-corrected chi connectivity index (χ3v) is 8.04. The molecular weight excluding hydrogens is 516 g/mol. The van der Waals surface area contributed by atoms with Crippen molar-refractivity contribution < 1.29 is 9.59 Å². The number of hydrogen-bond acceptors (Lipinski definition) is 8. The summed E-state index contributed by atoms with van der Waals surface area (Å²) in [4.78, 5) is 47.2. The minimum absolute atomic E-state index is 0.0140. The van der Waals surface area contributed by atoms with Crippen LogP contribution in [0.4, 0.5) is 0 Å². The van der Waals surface area contributed by atoms with Crippen LogP contribution < -0.4 is 0 Å². The zero-order valence-electron chi connectivity index (χ0n) is 21.1. The summed E-state index contributed by atoms with van der Waals surface area (Å²) in [6.45, 7) is 10.4. The summed E-state index contributed by atoms with van der Waals surface area (Å²) in [6, 6.07) is 11.1. The number of rotatable bonds is 11. The Kier molecular flexibility index (Phi) is 9.45. The van der Waals surface area contributed by atoms with Crippen molar-refractivity contribution in [1.29, 1.82) is 0 Å². The van der Waals surface area contributed by atoms with Crippen molar-refractivity contribution in [3.63, 3.8) is 0 Å². The second kappa shape index (κ2) is 13.2. The van der Waals surface area contributed by atoms with E-state index in [1.165, 1.54) is 10.8 Å². The van der Waals surface area contributed by atoms with Gasteiger partial charge in [-0.05, 0) is 53.6 Å². The molecule has 2 aromatic rings. The Morgan fingerprint density at radius 1 is 0.868 bits per heavy atom. The average Bonchev–Trinajstić information content (AvgIpc) is 3.39. The van der Waals surface area contributed by atoms with Crippen molar-refractivity contribution >= 4 is 56.6 Å². The molecule has 194 valence electrons. The minimum Gasteiger partial charge on any atom is -0.291 e. The first-order chi connectivity index (χ1) is 18.5. The number of pyridine rings is 2. The summed E-state index contributed by atoms with van der Waals surface area (Å²) in [6.07, 6.45) is 10.9. The summed E-state index contributed by atoms with van der Waals surface area (Å²) in [5, 5.41) is 0.597. The van der Waals surface area contributed by atoms with Crippen molar-refractivity contribution in [3.8, 4) is 0 Å². The van der Waals surface area contributed by atoms with E-state index in [2.05, 4.69) is 35.0 Å². The molecule has 1 atom stereocenters. The molecule has 0 saturated carbocycles. The molecule has 0 radical (unpaired) electrons. The van der Waals surface area contributed by atoms with E-state index in [1.54, 1.807) is 57.3 Å². The number of amides is 2. The lowest BCUT2D eigenvalue weighted by Crippen LogP contribution is -2.37. The van der Waals surface area contributed by atoms with E-state index in [0.29, 0.717) is 46.8 Å². The summed E-state index contributed by atoms with van der Waals surface area (Å²) >= 11 is 0. The first kappa shape index (κ1) is 27.3. The molecule has 2 aliphatic heterocycles. The lowest BCUT2D eigenvalue weighted by molar-refractivity contribution is -0.123. The molecule has 2 amide bonds. The van der Waals surface area contributed by atoms with Crippen LogP contribution in [0.5, 0.6) is 0 Å². The fourth-order valence-corrected chi connectivity index (χ4v) is 6.32. The number of aromatic nitrogens is 2. The Bertz CT molecular complexity index is 1320. The monoisotopic (exact) mass is 544 g/mol. The van der Waals surface area contributed by atoms with E-state index in [-0.39, 0.29) is 17.7 Å². The highest BCUT2D eigenvalue weighted by atomic mass is 33.1. The highest BCUT2D eigenvalue weighted by Gasteiger charge is 2.34. The fraction of sp³-hybridized carbons (Fsp3) is 0.214. The molecule has 1 unspecified atom stereocenters. The second-order valence-corrected chi connectivity index (χ2v) is 10.6. The molecule has 4 heterocycles. The molecule has 0 bridgehead atoms. The van der Waals surface area contributed by atoms with Gasteiger partial charge in [0.15, 0.2) is 5.17 Å².